The van der Waals surface area contributed by atoms with E-state index in [4.69, 9.17) is 4.42 Å². The zero-order valence-corrected chi connectivity index (χ0v) is 39.7. The molecule has 0 spiro atoms. The normalized spacial score (nSPS) is 12.0. The summed E-state index contributed by atoms with van der Waals surface area (Å²) in [5, 5.41) is 5.90. The van der Waals surface area contributed by atoms with Crippen molar-refractivity contribution in [3.63, 3.8) is 0 Å². The van der Waals surface area contributed by atoms with Crippen molar-refractivity contribution < 1.29 is 4.42 Å². The van der Waals surface area contributed by atoms with Crippen molar-refractivity contribution in [2.45, 2.75) is 52.4 Å². The zero-order chi connectivity index (χ0) is 46.6. The molecule has 68 heavy (non-hydrogen) atoms. The summed E-state index contributed by atoms with van der Waals surface area (Å²) in [5.41, 5.74) is 17.1. The van der Waals surface area contributed by atoms with Crippen LogP contribution in [0.5, 0.6) is 0 Å². The largest absolute Gasteiger partial charge is 0.455 e. The van der Waals surface area contributed by atoms with Gasteiger partial charge in [-0.3, -0.25) is 0 Å². The average Bonchev–Trinajstić information content (AvgIpc) is 3.79. The first-order valence-corrected chi connectivity index (χ1v) is 23.8. The van der Waals surface area contributed by atoms with Gasteiger partial charge in [-0.1, -0.05) is 211 Å². The predicted octanol–water partition coefficient (Wildman–Crippen LogP) is 19.1. The molecule has 0 saturated carbocycles. The highest BCUT2D eigenvalue weighted by molar-refractivity contribution is 6.29. The van der Waals surface area contributed by atoms with Crippen molar-refractivity contribution in [3.05, 3.63) is 236 Å². The van der Waals surface area contributed by atoms with Crippen LogP contribution >= 0.6 is 0 Å². The highest BCUT2D eigenvalue weighted by Crippen LogP contribution is 2.50. The fourth-order valence-corrected chi connectivity index (χ4v) is 9.98. The Labute approximate surface area is 400 Å². The molecule has 0 N–H and O–H groups in total. The highest BCUT2D eigenvalue weighted by Gasteiger charge is 2.27. The molecule has 0 aliphatic heterocycles. The van der Waals surface area contributed by atoms with Crippen LogP contribution in [0.25, 0.3) is 88.3 Å². The molecule has 1 heterocycles. The van der Waals surface area contributed by atoms with Gasteiger partial charge in [0.1, 0.15) is 11.3 Å². The first kappa shape index (κ1) is 42.7. The molecule has 0 aliphatic carbocycles. The van der Waals surface area contributed by atoms with Crippen LogP contribution in [0.2, 0.25) is 0 Å². The Morgan fingerprint density at radius 3 is 1.25 bits per heavy atom. The zero-order valence-electron chi connectivity index (χ0n) is 39.7. The van der Waals surface area contributed by atoms with Crippen LogP contribution in [0.3, 0.4) is 0 Å². The Balaban J connectivity index is 1.11. The Morgan fingerprint density at radius 2 is 0.779 bits per heavy atom. The van der Waals surface area contributed by atoms with Crippen LogP contribution in [0.4, 0.5) is 17.1 Å². The summed E-state index contributed by atoms with van der Waals surface area (Å²) in [5.74, 6) is 0.896. The van der Waals surface area contributed by atoms with Crippen LogP contribution in [0, 0.1) is 0 Å². The maximum absolute atomic E-state index is 7.23. The van der Waals surface area contributed by atoms with Crippen molar-refractivity contribution in [1.29, 1.82) is 0 Å². The molecule has 0 bridgehead atoms. The lowest BCUT2D eigenvalue weighted by Gasteiger charge is -2.27. The second-order valence-electron chi connectivity index (χ2n) is 20.2. The van der Waals surface area contributed by atoms with Crippen LogP contribution in [-0.4, -0.2) is 0 Å². The minimum Gasteiger partial charge on any atom is -0.455 e. The van der Waals surface area contributed by atoms with Gasteiger partial charge in [-0.2, -0.15) is 0 Å². The number of fused-ring (bicyclic) bond motifs is 6. The van der Waals surface area contributed by atoms with E-state index in [0.29, 0.717) is 0 Å². The topological polar surface area (TPSA) is 16.4 Å². The van der Waals surface area contributed by atoms with Gasteiger partial charge >= 0.3 is 0 Å². The van der Waals surface area contributed by atoms with E-state index >= 15 is 0 Å². The Kier molecular flexibility index (Phi) is 10.7. The second-order valence-corrected chi connectivity index (χ2v) is 20.2. The molecule has 0 radical (unpaired) electrons. The van der Waals surface area contributed by atoms with Gasteiger partial charge in [0.05, 0.1) is 0 Å². The molecular weight excluding hydrogens is 823 g/mol. The first-order chi connectivity index (χ1) is 33.0. The first-order valence-electron chi connectivity index (χ1n) is 23.8. The number of nitrogens with zero attached hydrogens (tertiary/aromatic N) is 1. The molecule has 11 aromatic rings. The molecule has 0 amide bonds. The van der Waals surface area contributed by atoms with Crippen molar-refractivity contribution >= 4 is 49.6 Å². The maximum Gasteiger partial charge on any atom is 0.143 e. The van der Waals surface area contributed by atoms with Crippen molar-refractivity contribution in [1.82, 2.24) is 0 Å². The summed E-state index contributed by atoms with van der Waals surface area (Å²) in [4.78, 5) is 2.36. The quantitative estimate of drug-likeness (QED) is 0.141. The molecule has 0 fully saturated rings. The number of anilines is 3. The SMILES string of the molecule is CC(C)(C)c1ccc2c3cc(-c4ccc(N(c5ccc(-c6ccccc6)cc5)c5ccc(-c6ccccc6)cc5)cc4)c(C(C)(C)C)cc3c3c(-c4ccccc4)c(-c4ccccc4)oc3c2c1. The molecule has 0 atom stereocenters. The highest BCUT2D eigenvalue weighted by atomic mass is 16.3. The monoisotopic (exact) mass is 877 g/mol. The summed E-state index contributed by atoms with van der Waals surface area (Å²) in [7, 11) is 0. The molecule has 0 unspecified atom stereocenters. The van der Waals surface area contributed by atoms with Crippen LogP contribution < -0.4 is 4.90 Å². The minimum absolute atomic E-state index is 0.0443. The fraction of sp³-hybridized carbons (Fsp3) is 0.121. The van der Waals surface area contributed by atoms with E-state index in [0.717, 1.165) is 55.9 Å². The molecule has 2 heteroatoms. The van der Waals surface area contributed by atoms with Crippen molar-refractivity contribution in [3.8, 4) is 55.8 Å². The van der Waals surface area contributed by atoms with E-state index in [-0.39, 0.29) is 10.8 Å². The van der Waals surface area contributed by atoms with E-state index in [2.05, 4.69) is 271 Å². The number of furan rings is 1. The number of hydrogen-bond acceptors (Lipinski definition) is 2. The maximum atomic E-state index is 7.23. The van der Waals surface area contributed by atoms with Crippen LogP contribution in [0.1, 0.15) is 52.7 Å². The third-order valence-electron chi connectivity index (χ3n) is 13.6. The van der Waals surface area contributed by atoms with Crippen molar-refractivity contribution in [2.24, 2.45) is 0 Å². The molecule has 330 valence electrons. The number of rotatable bonds is 8. The van der Waals surface area contributed by atoms with Crippen LogP contribution in [-0.2, 0) is 10.8 Å². The lowest BCUT2D eigenvalue weighted by molar-refractivity contribution is 0.591. The molecule has 0 saturated heterocycles. The van der Waals surface area contributed by atoms with Gasteiger partial charge < -0.3 is 9.32 Å². The second kappa shape index (κ2) is 17.0. The Morgan fingerprint density at radius 1 is 0.338 bits per heavy atom. The van der Waals surface area contributed by atoms with Gasteiger partial charge in [-0.25, -0.2) is 0 Å². The van der Waals surface area contributed by atoms with E-state index in [1.54, 1.807) is 0 Å². The number of benzene rings is 10. The van der Waals surface area contributed by atoms with E-state index in [1.807, 2.05) is 0 Å². The fourth-order valence-electron chi connectivity index (χ4n) is 9.98. The number of hydrogen-bond donors (Lipinski definition) is 0. The van der Waals surface area contributed by atoms with Gasteiger partial charge in [0, 0.05) is 39.0 Å². The van der Waals surface area contributed by atoms with Gasteiger partial charge in [-0.15, -0.1) is 0 Å². The summed E-state index contributed by atoms with van der Waals surface area (Å²) < 4.78 is 7.23. The lowest BCUT2D eigenvalue weighted by atomic mass is 9.78. The minimum atomic E-state index is -0.175. The van der Waals surface area contributed by atoms with Gasteiger partial charge in [0.15, 0.2) is 0 Å². The lowest BCUT2D eigenvalue weighted by Crippen LogP contribution is -2.13. The van der Waals surface area contributed by atoms with Crippen LogP contribution in [0.15, 0.2) is 229 Å². The molecular formula is C66H55NO. The average molecular weight is 878 g/mol. The standard InChI is InChI=1S/C66H55NO/c1-65(2,3)51-33-40-55-57-42-56(60(66(4,5)6)43-58(57)62-61(49-23-15-9-16-24-49)63(50-25-17-10-18-26-50)68-64(62)59(55)41-51)48-31-38-54(39-32-48)67(52-34-27-46(28-35-52)44-19-11-7-12-20-44)53-36-29-47(30-37-53)45-21-13-8-14-22-45/h7-43H,1-6H3. The summed E-state index contributed by atoms with van der Waals surface area (Å²) in [6.07, 6.45) is 0. The Hall–Kier alpha value is -7.94. The van der Waals surface area contributed by atoms with E-state index in [9.17, 15) is 0 Å². The van der Waals surface area contributed by atoms with Gasteiger partial charge in [0.25, 0.3) is 0 Å². The predicted molar refractivity (Wildman–Crippen MR) is 290 cm³/mol. The van der Waals surface area contributed by atoms with Gasteiger partial charge in [-0.05, 0) is 132 Å². The Bertz CT molecular complexity index is 3480. The molecule has 11 rings (SSSR count). The third-order valence-corrected chi connectivity index (χ3v) is 13.6. The summed E-state index contributed by atoms with van der Waals surface area (Å²) in [6, 6.07) is 81.6. The van der Waals surface area contributed by atoms with E-state index < -0.39 is 0 Å². The smallest absolute Gasteiger partial charge is 0.143 e. The van der Waals surface area contributed by atoms with Gasteiger partial charge in [0.2, 0.25) is 0 Å². The summed E-state index contributed by atoms with van der Waals surface area (Å²) >= 11 is 0. The third kappa shape index (κ3) is 7.86. The summed E-state index contributed by atoms with van der Waals surface area (Å²) in [6.45, 7) is 13.9. The van der Waals surface area contributed by atoms with E-state index in [1.165, 1.54) is 60.7 Å². The molecule has 10 aromatic carbocycles. The molecule has 0 aliphatic rings. The molecule has 1 aromatic heterocycles. The molecule has 2 nitrogen and oxygen atoms in total. The van der Waals surface area contributed by atoms with Crippen molar-refractivity contribution in [2.75, 3.05) is 4.90 Å².